The quantitative estimate of drug-likeness (QED) is 0.516. The highest BCUT2D eigenvalue weighted by atomic mass is 16.3. The van der Waals surface area contributed by atoms with Crippen LogP contribution in [0.15, 0.2) is 0 Å². The van der Waals surface area contributed by atoms with Gasteiger partial charge in [0.15, 0.2) is 0 Å². The van der Waals surface area contributed by atoms with Crippen LogP contribution in [-0.2, 0) is 4.79 Å². The van der Waals surface area contributed by atoms with Crippen molar-refractivity contribution >= 4 is 5.91 Å². The maximum Gasteiger partial charge on any atom is 0.220 e. The van der Waals surface area contributed by atoms with E-state index in [-0.39, 0.29) is 12.5 Å². The molecule has 1 unspecified atom stereocenters. The molecule has 0 bridgehead atoms. The Labute approximate surface area is 98.8 Å². The summed E-state index contributed by atoms with van der Waals surface area (Å²) in [6, 6.07) is 0.479. The van der Waals surface area contributed by atoms with Crippen LogP contribution in [-0.4, -0.2) is 36.8 Å². The van der Waals surface area contributed by atoms with Crippen LogP contribution < -0.4 is 10.6 Å². The van der Waals surface area contributed by atoms with Crippen LogP contribution in [0.1, 0.15) is 40.0 Å². The maximum atomic E-state index is 11.4. The van der Waals surface area contributed by atoms with Gasteiger partial charge in [0, 0.05) is 25.6 Å². The molecule has 96 valence electrons. The summed E-state index contributed by atoms with van der Waals surface area (Å²) < 4.78 is 0. The van der Waals surface area contributed by atoms with Crippen LogP contribution in [0.4, 0.5) is 0 Å². The van der Waals surface area contributed by atoms with E-state index in [4.69, 9.17) is 5.11 Å². The van der Waals surface area contributed by atoms with Gasteiger partial charge in [0.25, 0.3) is 0 Å². The highest BCUT2D eigenvalue weighted by Gasteiger charge is 2.04. The summed E-state index contributed by atoms with van der Waals surface area (Å²) in [6.45, 7) is 7.95. The highest BCUT2D eigenvalue weighted by molar-refractivity contribution is 5.75. The van der Waals surface area contributed by atoms with Crippen LogP contribution >= 0.6 is 0 Å². The molecule has 0 radical (unpaired) electrons. The molecule has 4 heteroatoms. The lowest BCUT2D eigenvalue weighted by molar-refractivity contribution is -0.121. The van der Waals surface area contributed by atoms with E-state index in [2.05, 4.69) is 24.5 Å². The molecule has 0 saturated heterocycles. The smallest absolute Gasteiger partial charge is 0.220 e. The molecule has 0 spiro atoms. The van der Waals surface area contributed by atoms with Gasteiger partial charge in [-0.1, -0.05) is 20.8 Å². The third-order valence-corrected chi connectivity index (χ3v) is 2.40. The Hall–Kier alpha value is -0.610. The Kier molecular flexibility index (Phi) is 9.24. The molecule has 0 aromatic heterocycles. The lowest BCUT2D eigenvalue weighted by atomic mass is 10.1. The topological polar surface area (TPSA) is 61.4 Å². The number of aliphatic hydroxyl groups is 1. The Balaban J connectivity index is 3.37. The van der Waals surface area contributed by atoms with Crippen molar-refractivity contribution in [3.05, 3.63) is 0 Å². The Morgan fingerprint density at radius 3 is 2.56 bits per heavy atom. The minimum atomic E-state index is 0.107. The molecule has 4 nitrogen and oxygen atoms in total. The molecule has 0 rings (SSSR count). The Morgan fingerprint density at radius 1 is 1.31 bits per heavy atom. The van der Waals surface area contributed by atoms with Crippen molar-refractivity contribution in [2.75, 3.05) is 19.7 Å². The van der Waals surface area contributed by atoms with Crippen molar-refractivity contribution in [1.29, 1.82) is 0 Å². The zero-order chi connectivity index (χ0) is 12.4. The molecule has 0 saturated carbocycles. The number of carbonyl (C=O) groups excluding carboxylic acids is 1. The van der Waals surface area contributed by atoms with Crippen molar-refractivity contribution in [3.8, 4) is 0 Å². The first-order chi connectivity index (χ1) is 7.56. The van der Waals surface area contributed by atoms with Crippen LogP contribution in [0.5, 0.6) is 0 Å². The van der Waals surface area contributed by atoms with E-state index in [1.54, 1.807) is 0 Å². The van der Waals surface area contributed by atoms with E-state index >= 15 is 0 Å². The third-order valence-electron chi connectivity index (χ3n) is 2.40. The van der Waals surface area contributed by atoms with E-state index in [9.17, 15) is 4.79 Å². The summed E-state index contributed by atoms with van der Waals surface area (Å²) in [7, 11) is 0. The number of carbonyl (C=O) groups is 1. The molecule has 0 aliphatic heterocycles. The largest absolute Gasteiger partial charge is 0.396 e. The van der Waals surface area contributed by atoms with Gasteiger partial charge < -0.3 is 15.7 Å². The zero-order valence-corrected chi connectivity index (χ0v) is 10.8. The predicted molar refractivity (Wildman–Crippen MR) is 66.2 cm³/mol. The molecule has 1 atom stereocenters. The molecule has 0 aromatic carbocycles. The zero-order valence-electron chi connectivity index (χ0n) is 10.8. The lowest BCUT2D eigenvalue weighted by Crippen LogP contribution is -2.30. The second-order valence-corrected chi connectivity index (χ2v) is 4.63. The van der Waals surface area contributed by atoms with Gasteiger partial charge in [-0.2, -0.15) is 0 Å². The van der Waals surface area contributed by atoms with Gasteiger partial charge in [0.05, 0.1) is 0 Å². The summed E-state index contributed by atoms with van der Waals surface area (Å²) in [5.74, 6) is 0.457. The van der Waals surface area contributed by atoms with E-state index < -0.39 is 0 Å². The van der Waals surface area contributed by atoms with Gasteiger partial charge in [-0.05, 0) is 25.3 Å². The van der Waals surface area contributed by atoms with Crippen LogP contribution in [0.25, 0.3) is 0 Å². The summed E-state index contributed by atoms with van der Waals surface area (Å²) in [4.78, 5) is 11.4. The van der Waals surface area contributed by atoms with Crippen molar-refractivity contribution in [1.82, 2.24) is 10.6 Å². The van der Waals surface area contributed by atoms with Crippen molar-refractivity contribution in [2.45, 2.75) is 46.1 Å². The summed E-state index contributed by atoms with van der Waals surface area (Å²) >= 11 is 0. The van der Waals surface area contributed by atoms with Crippen molar-refractivity contribution in [3.63, 3.8) is 0 Å². The molecule has 3 N–H and O–H groups in total. The molecular weight excluding hydrogens is 204 g/mol. The highest BCUT2D eigenvalue weighted by Crippen LogP contribution is 1.98. The molecule has 0 aliphatic carbocycles. The lowest BCUT2D eigenvalue weighted by Gasteiger charge is -2.11. The van der Waals surface area contributed by atoms with E-state index in [1.165, 1.54) is 0 Å². The fourth-order valence-corrected chi connectivity index (χ4v) is 1.34. The summed E-state index contributed by atoms with van der Waals surface area (Å²) in [5.41, 5.74) is 0. The average molecular weight is 230 g/mol. The number of hydrogen-bond acceptors (Lipinski definition) is 3. The van der Waals surface area contributed by atoms with Crippen molar-refractivity contribution in [2.24, 2.45) is 5.92 Å². The number of rotatable bonds is 9. The monoisotopic (exact) mass is 230 g/mol. The van der Waals surface area contributed by atoms with Crippen LogP contribution in [0, 0.1) is 5.92 Å². The van der Waals surface area contributed by atoms with Crippen LogP contribution in [0.3, 0.4) is 0 Å². The first-order valence-corrected chi connectivity index (χ1v) is 6.17. The summed E-state index contributed by atoms with van der Waals surface area (Å²) in [6.07, 6.45) is 2.19. The molecule has 0 heterocycles. The standard InChI is InChI=1S/C12H26N2O2/c1-10(2)13-7-4-5-12(16)14-9-11(3)6-8-15/h10-11,13,15H,4-9H2,1-3H3,(H,14,16). The summed E-state index contributed by atoms with van der Waals surface area (Å²) in [5, 5.41) is 14.9. The van der Waals surface area contributed by atoms with E-state index in [0.29, 0.717) is 24.9 Å². The van der Waals surface area contributed by atoms with Gasteiger partial charge in [-0.25, -0.2) is 0 Å². The second kappa shape index (κ2) is 9.60. The molecule has 0 fully saturated rings. The minimum Gasteiger partial charge on any atom is -0.396 e. The molecule has 16 heavy (non-hydrogen) atoms. The molecular formula is C12H26N2O2. The first kappa shape index (κ1) is 15.4. The molecule has 1 amide bonds. The van der Waals surface area contributed by atoms with E-state index in [0.717, 1.165) is 19.4 Å². The number of nitrogens with one attached hydrogen (secondary N) is 2. The Morgan fingerprint density at radius 2 is 2.00 bits per heavy atom. The van der Waals surface area contributed by atoms with Gasteiger partial charge >= 0.3 is 0 Å². The van der Waals surface area contributed by atoms with Gasteiger partial charge in [0.1, 0.15) is 0 Å². The average Bonchev–Trinajstić information content (AvgIpc) is 2.22. The van der Waals surface area contributed by atoms with E-state index in [1.807, 2.05) is 6.92 Å². The van der Waals surface area contributed by atoms with Crippen molar-refractivity contribution < 1.29 is 9.90 Å². The third kappa shape index (κ3) is 9.93. The predicted octanol–water partition coefficient (Wildman–Crippen LogP) is 0.899. The number of hydrogen-bond donors (Lipinski definition) is 3. The maximum absolute atomic E-state index is 11.4. The van der Waals surface area contributed by atoms with Gasteiger partial charge in [-0.3, -0.25) is 4.79 Å². The fraction of sp³-hybridized carbons (Fsp3) is 0.917. The fourth-order valence-electron chi connectivity index (χ4n) is 1.34. The van der Waals surface area contributed by atoms with Crippen LogP contribution in [0.2, 0.25) is 0 Å². The van der Waals surface area contributed by atoms with Gasteiger partial charge in [0.2, 0.25) is 5.91 Å². The minimum absolute atomic E-state index is 0.107. The number of aliphatic hydroxyl groups excluding tert-OH is 1. The second-order valence-electron chi connectivity index (χ2n) is 4.63. The van der Waals surface area contributed by atoms with Gasteiger partial charge in [-0.15, -0.1) is 0 Å². The first-order valence-electron chi connectivity index (χ1n) is 6.17. The SMILES string of the molecule is CC(CCO)CNC(=O)CCCNC(C)C. The molecule has 0 aliphatic rings. The molecule has 0 aromatic rings. The number of amides is 1. The normalized spacial score (nSPS) is 12.8. The Bertz CT molecular complexity index is 184.